The van der Waals surface area contributed by atoms with Gasteiger partial charge < -0.3 is 26.4 Å². The number of hydrogen-bond donors (Lipinski definition) is 4. The number of carbonyl (C=O) groups is 3. The number of ether oxygens (including phenoxy) is 1. The van der Waals surface area contributed by atoms with Gasteiger partial charge >= 0.3 is 17.9 Å². The highest BCUT2D eigenvalue weighted by atomic mass is 33.1. The fourth-order valence-electron chi connectivity index (χ4n) is 0.622. The summed E-state index contributed by atoms with van der Waals surface area (Å²) in [5.41, 5.74) is 10.7. The topological polar surface area (TPSA) is 153 Å². The summed E-state index contributed by atoms with van der Waals surface area (Å²) in [5, 5.41) is 16.8. The van der Waals surface area contributed by atoms with Gasteiger partial charge in [-0.1, -0.05) is 21.6 Å². The Kier molecular flexibility index (Phi) is 8.54. The molecule has 8 nitrogen and oxygen atoms in total. The van der Waals surface area contributed by atoms with E-state index in [9.17, 15) is 14.4 Å². The summed E-state index contributed by atoms with van der Waals surface area (Å²) in [6.07, 6.45) is 0. The summed E-state index contributed by atoms with van der Waals surface area (Å²) < 4.78 is 4.38. The largest absolute Gasteiger partial charge is 0.480 e. The first-order chi connectivity index (χ1) is 8.34. The molecule has 0 fully saturated rings. The molecular weight excluding hydrogens is 284 g/mol. The quantitative estimate of drug-likeness (QED) is 0.230. The van der Waals surface area contributed by atoms with Crippen molar-refractivity contribution in [1.29, 1.82) is 0 Å². The number of carbonyl (C=O) groups excluding carboxylic acids is 1. The molecule has 0 saturated heterocycles. The van der Waals surface area contributed by atoms with E-state index in [1.165, 1.54) is 21.6 Å². The number of nitrogens with two attached hydrogens (primary N) is 2. The Bertz CT molecular complexity index is 314. The van der Waals surface area contributed by atoms with E-state index in [0.717, 1.165) is 0 Å². The molecule has 0 heterocycles. The van der Waals surface area contributed by atoms with Crippen LogP contribution in [-0.2, 0) is 19.1 Å². The molecule has 0 aliphatic heterocycles. The standard InChI is InChI=1S/C8H14N2O6S2/c9-4(7(13)14)2-17-18-3-5(10)8(15)16-1-6(11)12/h4-5H,1-3,9-10H2,(H,11,12)(H,13,14)/t4?,5-/m0/s1. The van der Waals surface area contributed by atoms with Gasteiger partial charge in [0.25, 0.3) is 0 Å². The zero-order valence-corrected chi connectivity index (χ0v) is 10.9. The van der Waals surface area contributed by atoms with Crippen LogP contribution >= 0.6 is 21.6 Å². The molecule has 6 N–H and O–H groups in total. The molecule has 0 saturated carbocycles. The Labute approximate surface area is 111 Å². The molecule has 104 valence electrons. The molecule has 0 amide bonds. The monoisotopic (exact) mass is 298 g/mol. The maximum absolute atomic E-state index is 11.1. The lowest BCUT2D eigenvalue weighted by Gasteiger charge is -2.10. The number of rotatable bonds is 9. The highest BCUT2D eigenvalue weighted by molar-refractivity contribution is 8.76. The third-order valence-electron chi connectivity index (χ3n) is 1.54. The fourth-order valence-corrected chi connectivity index (χ4v) is 2.84. The van der Waals surface area contributed by atoms with Gasteiger partial charge in [0.15, 0.2) is 6.61 Å². The molecular formula is C8H14N2O6S2. The van der Waals surface area contributed by atoms with E-state index in [-0.39, 0.29) is 11.5 Å². The molecule has 0 bridgehead atoms. The number of carboxylic acid groups (broad SMARTS) is 2. The lowest BCUT2D eigenvalue weighted by Crippen LogP contribution is -2.35. The van der Waals surface area contributed by atoms with E-state index >= 15 is 0 Å². The Hall–Kier alpha value is -0.970. The third kappa shape index (κ3) is 8.17. The first-order valence-corrected chi connectivity index (χ1v) is 7.20. The van der Waals surface area contributed by atoms with E-state index in [2.05, 4.69) is 4.74 Å². The second-order valence-electron chi connectivity index (χ2n) is 3.12. The number of aliphatic carboxylic acids is 2. The first kappa shape index (κ1) is 17.0. The number of esters is 1. The molecule has 0 aliphatic rings. The van der Waals surface area contributed by atoms with Crippen molar-refractivity contribution < 1.29 is 29.3 Å². The maximum Gasteiger partial charge on any atom is 0.341 e. The molecule has 10 heteroatoms. The molecule has 2 atom stereocenters. The van der Waals surface area contributed by atoms with Crippen molar-refractivity contribution in [3.8, 4) is 0 Å². The van der Waals surface area contributed by atoms with Gasteiger partial charge in [-0.3, -0.25) is 9.59 Å². The molecule has 1 unspecified atom stereocenters. The minimum atomic E-state index is -1.26. The highest BCUT2D eigenvalue weighted by Crippen LogP contribution is 2.22. The highest BCUT2D eigenvalue weighted by Gasteiger charge is 2.17. The SMILES string of the molecule is NC(CSSC[C@H](N)C(=O)OCC(=O)O)C(=O)O. The Morgan fingerprint density at radius 3 is 2.00 bits per heavy atom. The molecule has 0 aromatic rings. The van der Waals surface area contributed by atoms with Crippen molar-refractivity contribution in [3.05, 3.63) is 0 Å². The van der Waals surface area contributed by atoms with E-state index in [1.807, 2.05) is 0 Å². The summed E-state index contributed by atoms with van der Waals surface area (Å²) in [6, 6.07) is -1.93. The minimum absolute atomic E-state index is 0.176. The second kappa shape index (κ2) is 9.03. The van der Waals surface area contributed by atoms with Gasteiger partial charge in [0.05, 0.1) is 0 Å². The van der Waals surface area contributed by atoms with Gasteiger partial charge in [0, 0.05) is 11.5 Å². The van der Waals surface area contributed by atoms with Gasteiger partial charge in [-0.15, -0.1) is 0 Å². The van der Waals surface area contributed by atoms with Crippen molar-refractivity contribution in [2.45, 2.75) is 12.1 Å². The third-order valence-corrected chi connectivity index (χ3v) is 4.01. The van der Waals surface area contributed by atoms with Crippen LogP contribution in [0.25, 0.3) is 0 Å². The van der Waals surface area contributed by atoms with Crippen LogP contribution < -0.4 is 11.5 Å². The number of carboxylic acids is 2. The maximum atomic E-state index is 11.1. The van der Waals surface area contributed by atoms with Crippen LogP contribution in [0.1, 0.15) is 0 Å². The van der Waals surface area contributed by atoms with E-state index in [1.54, 1.807) is 0 Å². The van der Waals surface area contributed by atoms with Crippen LogP contribution in [0.2, 0.25) is 0 Å². The summed E-state index contributed by atoms with van der Waals surface area (Å²) >= 11 is 0. The average Bonchev–Trinajstić information content (AvgIpc) is 2.30. The minimum Gasteiger partial charge on any atom is -0.480 e. The van der Waals surface area contributed by atoms with E-state index in [0.29, 0.717) is 0 Å². The van der Waals surface area contributed by atoms with Crippen molar-refractivity contribution in [1.82, 2.24) is 0 Å². The lowest BCUT2D eigenvalue weighted by molar-refractivity contribution is -0.155. The molecule has 18 heavy (non-hydrogen) atoms. The smallest absolute Gasteiger partial charge is 0.341 e. The normalized spacial score (nSPS) is 13.7. The van der Waals surface area contributed by atoms with Gasteiger partial charge in [0.2, 0.25) is 0 Å². The molecule has 0 radical (unpaired) electrons. The molecule has 0 aromatic carbocycles. The van der Waals surface area contributed by atoms with E-state index < -0.39 is 36.6 Å². The predicted molar refractivity (Wildman–Crippen MR) is 67.1 cm³/mol. The lowest BCUT2D eigenvalue weighted by atomic mass is 10.4. The van der Waals surface area contributed by atoms with E-state index in [4.69, 9.17) is 21.7 Å². The molecule has 0 spiro atoms. The summed E-state index contributed by atoms with van der Waals surface area (Å²) in [7, 11) is 2.34. The van der Waals surface area contributed by atoms with Crippen LogP contribution in [0.4, 0.5) is 0 Å². The Morgan fingerprint density at radius 1 is 1.06 bits per heavy atom. The van der Waals surface area contributed by atoms with Crippen molar-refractivity contribution in [2.75, 3.05) is 18.1 Å². The van der Waals surface area contributed by atoms with Gasteiger partial charge in [0.1, 0.15) is 12.1 Å². The fraction of sp³-hybridized carbons (Fsp3) is 0.625. The Balaban J connectivity index is 3.69. The van der Waals surface area contributed by atoms with Gasteiger partial charge in [-0.25, -0.2) is 4.79 Å². The van der Waals surface area contributed by atoms with Crippen LogP contribution in [0.3, 0.4) is 0 Å². The van der Waals surface area contributed by atoms with Crippen molar-refractivity contribution in [3.63, 3.8) is 0 Å². The van der Waals surface area contributed by atoms with Crippen LogP contribution in [-0.4, -0.2) is 58.3 Å². The summed E-state index contributed by atoms with van der Waals surface area (Å²) in [5.74, 6) is -2.82. The molecule has 0 aliphatic carbocycles. The van der Waals surface area contributed by atoms with Crippen molar-refractivity contribution >= 4 is 39.5 Å². The predicted octanol–water partition coefficient (Wildman–Crippen LogP) is -1.27. The molecule has 0 aromatic heterocycles. The van der Waals surface area contributed by atoms with Crippen LogP contribution in [0.15, 0.2) is 0 Å². The Morgan fingerprint density at radius 2 is 1.56 bits per heavy atom. The summed E-state index contributed by atoms with van der Waals surface area (Å²) in [4.78, 5) is 31.6. The van der Waals surface area contributed by atoms with Gasteiger partial charge in [-0.2, -0.15) is 0 Å². The summed E-state index contributed by atoms with van der Waals surface area (Å²) in [6.45, 7) is -0.728. The zero-order chi connectivity index (χ0) is 14.1. The first-order valence-electron chi connectivity index (χ1n) is 4.71. The van der Waals surface area contributed by atoms with Crippen LogP contribution in [0.5, 0.6) is 0 Å². The van der Waals surface area contributed by atoms with Crippen molar-refractivity contribution in [2.24, 2.45) is 11.5 Å². The average molecular weight is 298 g/mol. The van der Waals surface area contributed by atoms with Gasteiger partial charge in [-0.05, 0) is 0 Å². The van der Waals surface area contributed by atoms with Crippen LogP contribution in [0, 0.1) is 0 Å². The molecule has 0 rings (SSSR count). The number of hydrogen-bond acceptors (Lipinski definition) is 8. The second-order valence-corrected chi connectivity index (χ2v) is 5.67. The zero-order valence-electron chi connectivity index (χ0n) is 9.27.